The van der Waals surface area contributed by atoms with Gasteiger partial charge in [0.25, 0.3) is 0 Å². The summed E-state index contributed by atoms with van der Waals surface area (Å²) in [5.41, 5.74) is 13.2. The molecule has 4 nitrogen and oxygen atoms in total. The first kappa shape index (κ1) is 9.27. The third kappa shape index (κ3) is 7.27. The minimum Gasteiger partial charge on any atom is -0.330 e. The van der Waals surface area contributed by atoms with Crippen molar-refractivity contribution in [3.8, 4) is 0 Å². The van der Waals surface area contributed by atoms with E-state index >= 15 is 0 Å². The van der Waals surface area contributed by atoms with Crippen LogP contribution < -0.4 is 5.73 Å². The van der Waals surface area contributed by atoms with Gasteiger partial charge in [-0.2, -0.15) is 0 Å². The second-order valence-corrected chi connectivity index (χ2v) is 2.16. The topological polar surface area (TPSA) is 74.8 Å². The van der Waals surface area contributed by atoms with Gasteiger partial charge in [-0.15, -0.1) is 0 Å². The van der Waals surface area contributed by atoms with Crippen LogP contribution in [0.4, 0.5) is 0 Å². The number of nitrogens with zero attached hydrogens (tertiary/aromatic N) is 3. The number of azide groups is 1. The molecule has 0 radical (unpaired) electrons. The van der Waals surface area contributed by atoms with Crippen LogP contribution in [0.15, 0.2) is 5.11 Å². The highest BCUT2D eigenvalue weighted by Gasteiger charge is 1.85. The minimum absolute atomic E-state index is 0.626. The number of rotatable bonds is 6. The smallest absolute Gasteiger partial charge is 0.0257 e. The molecule has 0 aliphatic rings. The van der Waals surface area contributed by atoms with E-state index in [0.717, 1.165) is 32.2 Å². The van der Waals surface area contributed by atoms with Crippen molar-refractivity contribution in [3.05, 3.63) is 10.4 Å². The largest absolute Gasteiger partial charge is 0.330 e. The Bertz CT molecular complexity index is 106. The summed E-state index contributed by atoms with van der Waals surface area (Å²) in [6.07, 6.45) is 4.34. The predicted molar refractivity (Wildman–Crippen MR) is 41.5 cm³/mol. The van der Waals surface area contributed by atoms with Crippen molar-refractivity contribution in [3.63, 3.8) is 0 Å². The number of nitrogens with two attached hydrogens (primary N) is 1. The second kappa shape index (κ2) is 8.27. The zero-order valence-electron chi connectivity index (χ0n) is 6.16. The Morgan fingerprint density at radius 1 is 1.20 bits per heavy atom. The van der Waals surface area contributed by atoms with Gasteiger partial charge in [0.1, 0.15) is 0 Å². The molecule has 0 spiro atoms. The molecule has 58 valence electrons. The molecule has 0 saturated heterocycles. The Morgan fingerprint density at radius 2 is 1.90 bits per heavy atom. The molecule has 2 N–H and O–H groups in total. The summed E-state index contributed by atoms with van der Waals surface area (Å²) in [7, 11) is 0. The highest BCUT2D eigenvalue weighted by molar-refractivity contribution is 4.48. The van der Waals surface area contributed by atoms with Gasteiger partial charge in [0.2, 0.25) is 0 Å². The minimum atomic E-state index is 0.626. The summed E-state index contributed by atoms with van der Waals surface area (Å²) in [4.78, 5) is 2.65. The van der Waals surface area contributed by atoms with Crippen LogP contribution >= 0.6 is 0 Å². The van der Waals surface area contributed by atoms with Crippen LogP contribution in [0.1, 0.15) is 25.7 Å². The lowest BCUT2D eigenvalue weighted by Gasteiger charge is -1.94. The summed E-state index contributed by atoms with van der Waals surface area (Å²) in [6, 6.07) is 0. The van der Waals surface area contributed by atoms with E-state index in [1.807, 2.05) is 0 Å². The molecule has 0 atom stereocenters. The van der Waals surface area contributed by atoms with Gasteiger partial charge in [-0.05, 0) is 24.9 Å². The van der Waals surface area contributed by atoms with Crippen LogP contribution in [0, 0.1) is 0 Å². The van der Waals surface area contributed by atoms with Crippen molar-refractivity contribution < 1.29 is 0 Å². The molecular formula is C6H14N4. The quantitative estimate of drug-likeness (QED) is 0.261. The lowest BCUT2D eigenvalue weighted by atomic mass is 10.2. The Hall–Kier alpha value is -0.730. The molecule has 10 heavy (non-hydrogen) atoms. The Labute approximate surface area is 61.0 Å². The fourth-order valence-corrected chi connectivity index (χ4v) is 0.725. The molecule has 0 aromatic rings. The normalized spacial score (nSPS) is 8.90. The van der Waals surface area contributed by atoms with Gasteiger partial charge in [0.05, 0.1) is 0 Å². The molecule has 0 aromatic heterocycles. The molecule has 0 aromatic carbocycles. The van der Waals surface area contributed by atoms with Crippen LogP contribution in [0.5, 0.6) is 0 Å². The molecule has 4 heteroatoms. The summed E-state index contributed by atoms with van der Waals surface area (Å²) in [6.45, 7) is 1.39. The summed E-state index contributed by atoms with van der Waals surface area (Å²) in [5.74, 6) is 0. The SMILES string of the molecule is [N-]=[N+]=NCCCCCCN. The Kier molecular flexibility index (Phi) is 7.67. The van der Waals surface area contributed by atoms with E-state index < -0.39 is 0 Å². The molecule has 0 aliphatic heterocycles. The van der Waals surface area contributed by atoms with Gasteiger partial charge in [-0.25, -0.2) is 0 Å². The molecule has 0 amide bonds. The molecule has 0 fully saturated rings. The molecule has 0 aliphatic carbocycles. The van der Waals surface area contributed by atoms with Crippen molar-refractivity contribution in [1.29, 1.82) is 0 Å². The Morgan fingerprint density at radius 3 is 2.50 bits per heavy atom. The molecule has 0 saturated carbocycles. The molecule has 0 heterocycles. The lowest BCUT2D eigenvalue weighted by molar-refractivity contribution is 0.652. The monoisotopic (exact) mass is 142 g/mol. The second-order valence-electron chi connectivity index (χ2n) is 2.16. The van der Waals surface area contributed by atoms with Crippen LogP contribution in [0.25, 0.3) is 10.4 Å². The van der Waals surface area contributed by atoms with Crippen LogP contribution in [-0.4, -0.2) is 13.1 Å². The first-order valence-corrected chi connectivity index (χ1v) is 3.62. The summed E-state index contributed by atoms with van der Waals surface area (Å²) < 4.78 is 0. The van der Waals surface area contributed by atoms with Crippen molar-refractivity contribution in [2.24, 2.45) is 10.8 Å². The van der Waals surface area contributed by atoms with Gasteiger partial charge >= 0.3 is 0 Å². The van der Waals surface area contributed by atoms with Gasteiger partial charge in [-0.3, -0.25) is 0 Å². The highest BCUT2D eigenvalue weighted by atomic mass is 15.1. The van der Waals surface area contributed by atoms with E-state index in [9.17, 15) is 0 Å². The fourth-order valence-electron chi connectivity index (χ4n) is 0.725. The van der Waals surface area contributed by atoms with E-state index in [4.69, 9.17) is 11.3 Å². The zero-order chi connectivity index (χ0) is 7.66. The van der Waals surface area contributed by atoms with Crippen LogP contribution in [0.3, 0.4) is 0 Å². The van der Waals surface area contributed by atoms with Crippen LogP contribution in [-0.2, 0) is 0 Å². The van der Waals surface area contributed by atoms with Crippen molar-refractivity contribution >= 4 is 0 Å². The van der Waals surface area contributed by atoms with Gasteiger partial charge in [0, 0.05) is 11.5 Å². The lowest BCUT2D eigenvalue weighted by Crippen LogP contribution is -1.97. The fraction of sp³-hybridized carbons (Fsp3) is 1.00. The van der Waals surface area contributed by atoms with E-state index in [2.05, 4.69) is 10.0 Å². The average Bonchev–Trinajstić information content (AvgIpc) is 1.97. The summed E-state index contributed by atoms with van der Waals surface area (Å²) >= 11 is 0. The molecular weight excluding hydrogens is 128 g/mol. The number of hydrogen-bond acceptors (Lipinski definition) is 2. The number of hydrogen-bond donors (Lipinski definition) is 1. The highest BCUT2D eigenvalue weighted by Crippen LogP contribution is 1.98. The summed E-state index contributed by atoms with van der Waals surface area (Å²) in [5, 5.41) is 3.42. The third-order valence-corrected chi connectivity index (χ3v) is 1.28. The molecule has 0 bridgehead atoms. The van der Waals surface area contributed by atoms with E-state index in [1.54, 1.807) is 0 Å². The zero-order valence-corrected chi connectivity index (χ0v) is 6.16. The predicted octanol–water partition coefficient (Wildman–Crippen LogP) is 1.82. The first-order chi connectivity index (χ1) is 4.91. The average molecular weight is 142 g/mol. The Balaban J connectivity index is 2.83. The van der Waals surface area contributed by atoms with E-state index in [1.165, 1.54) is 0 Å². The van der Waals surface area contributed by atoms with E-state index in [0.29, 0.717) is 6.54 Å². The maximum Gasteiger partial charge on any atom is 0.0257 e. The number of unbranched alkanes of at least 4 members (excludes halogenated alkanes) is 3. The van der Waals surface area contributed by atoms with Crippen molar-refractivity contribution in [2.75, 3.05) is 13.1 Å². The first-order valence-electron chi connectivity index (χ1n) is 3.62. The van der Waals surface area contributed by atoms with Gasteiger partial charge in [0.15, 0.2) is 0 Å². The van der Waals surface area contributed by atoms with Crippen molar-refractivity contribution in [2.45, 2.75) is 25.7 Å². The van der Waals surface area contributed by atoms with Crippen LogP contribution in [0.2, 0.25) is 0 Å². The van der Waals surface area contributed by atoms with Gasteiger partial charge < -0.3 is 5.73 Å². The maximum atomic E-state index is 7.91. The van der Waals surface area contributed by atoms with Crippen molar-refractivity contribution in [1.82, 2.24) is 0 Å². The molecule has 0 unspecified atom stereocenters. The maximum absolute atomic E-state index is 7.91. The molecule has 0 rings (SSSR count). The van der Waals surface area contributed by atoms with Gasteiger partial charge in [-0.1, -0.05) is 18.0 Å². The standard InChI is InChI=1S/C6H14N4/c7-5-3-1-2-4-6-9-10-8/h1-7H2. The third-order valence-electron chi connectivity index (χ3n) is 1.28. The van der Waals surface area contributed by atoms with E-state index in [-0.39, 0.29) is 0 Å².